The van der Waals surface area contributed by atoms with Gasteiger partial charge in [-0.25, -0.2) is 0 Å². The number of ketones is 1. The molecule has 1 heterocycles. The Kier molecular flexibility index (Phi) is 7.52. The summed E-state index contributed by atoms with van der Waals surface area (Å²) >= 11 is 0. The molecule has 0 aliphatic carbocycles. The number of rotatable bonds is 9. The third-order valence-electron chi connectivity index (χ3n) is 4.67. The van der Waals surface area contributed by atoms with Crippen LogP contribution in [0.5, 0.6) is 0 Å². The lowest BCUT2D eigenvalue weighted by Gasteiger charge is -2.24. The van der Waals surface area contributed by atoms with Gasteiger partial charge in [0.05, 0.1) is 20.1 Å². The molecule has 7 heteroatoms. The van der Waals surface area contributed by atoms with Crippen LogP contribution in [0.15, 0.2) is 24.3 Å². The molecule has 1 N–H and O–H groups in total. The number of hydrogen-bond donors (Lipinski definition) is 1. The summed E-state index contributed by atoms with van der Waals surface area (Å²) in [5, 5.41) is 2.58. The van der Waals surface area contributed by atoms with Crippen molar-refractivity contribution >= 4 is 23.6 Å². The summed E-state index contributed by atoms with van der Waals surface area (Å²) < 4.78 is 4.48. The fourth-order valence-corrected chi connectivity index (χ4v) is 3.03. The van der Waals surface area contributed by atoms with Gasteiger partial charge in [-0.05, 0) is 18.9 Å². The highest BCUT2D eigenvalue weighted by molar-refractivity contribution is 5.88. The molecule has 7 nitrogen and oxygen atoms in total. The van der Waals surface area contributed by atoms with Gasteiger partial charge in [-0.3, -0.25) is 19.2 Å². The van der Waals surface area contributed by atoms with E-state index in [-0.39, 0.29) is 49.4 Å². The average Bonchev–Trinajstić information content (AvgIpc) is 2.99. The fraction of sp³-hybridized carbons (Fsp3) is 0.500. The third kappa shape index (κ3) is 6.51. The third-order valence-corrected chi connectivity index (χ3v) is 4.67. The van der Waals surface area contributed by atoms with E-state index in [1.165, 1.54) is 7.11 Å². The van der Waals surface area contributed by atoms with E-state index >= 15 is 0 Å². The standard InChI is InChI=1S/C20H26N2O5/c1-14-3-5-15(6-4-14)13-22-16(7-9-19(22)25)11-18(24)21-12-17(23)8-10-20(26)27-2/h3-6,16H,7-13H2,1-2H3,(H,21,24). The second-order valence-corrected chi connectivity index (χ2v) is 6.80. The largest absolute Gasteiger partial charge is 0.469 e. The van der Waals surface area contributed by atoms with E-state index in [0.717, 1.165) is 11.1 Å². The van der Waals surface area contributed by atoms with Crippen LogP contribution in [-0.4, -0.2) is 48.2 Å². The lowest BCUT2D eigenvalue weighted by atomic mass is 10.1. The zero-order valence-electron chi connectivity index (χ0n) is 15.8. The minimum absolute atomic E-state index is 0.00661. The number of methoxy groups -OCH3 is 1. The van der Waals surface area contributed by atoms with E-state index in [4.69, 9.17) is 0 Å². The lowest BCUT2D eigenvalue weighted by Crippen LogP contribution is -2.38. The molecule has 2 rings (SSSR count). The summed E-state index contributed by atoms with van der Waals surface area (Å²) in [5.41, 5.74) is 2.18. The van der Waals surface area contributed by atoms with Gasteiger partial charge in [-0.2, -0.15) is 0 Å². The molecule has 1 aromatic rings. The Hall–Kier alpha value is -2.70. The number of esters is 1. The predicted molar refractivity (Wildman–Crippen MR) is 98.6 cm³/mol. The highest BCUT2D eigenvalue weighted by atomic mass is 16.5. The van der Waals surface area contributed by atoms with Gasteiger partial charge < -0.3 is 15.0 Å². The Labute approximate surface area is 159 Å². The molecular formula is C20H26N2O5. The molecule has 27 heavy (non-hydrogen) atoms. The van der Waals surface area contributed by atoms with Gasteiger partial charge in [-0.1, -0.05) is 29.8 Å². The Morgan fingerprint density at radius 3 is 2.56 bits per heavy atom. The normalized spacial score (nSPS) is 16.3. The summed E-state index contributed by atoms with van der Waals surface area (Å²) in [5.74, 6) is -0.906. The zero-order chi connectivity index (χ0) is 19.8. The summed E-state index contributed by atoms with van der Waals surface area (Å²) in [6, 6.07) is 7.80. The van der Waals surface area contributed by atoms with Crippen LogP contribution in [0.25, 0.3) is 0 Å². The van der Waals surface area contributed by atoms with Crippen molar-refractivity contribution < 1.29 is 23.9 Å². The van der Waals surface area contributed by atoms with Gasteiger partial charge in [-0.15, -0.1) is 0 Å². The summed E-state index contributed by atoms with van der Waals surface area (Å²) in [7, 11) is 1.26. The van der Waals surface area contributed by atoms with Crippen LogP contribution in [0.3, 0.4) is 0 Å². The van der Waals surface area contributed by atoms with Crippen molar-refractivity contribution in [2.24, 2.45) is 0 Å². The van der Waals surface area contributed by atoms with Crippen LogP contribution < -0.4 is 5.32 Å². The van der Waals surface area contributed by atoms with Gasteiger partial charge in [0.25, 0.3) is 0 Å². The molecule has 0 radical (unpaired) electrons. The molecule has 146 valence electrons. The van der Waals surface area contributed by atoms with Gasteiger partial charge in [0.1, 0.15) is 0 Å². The minimum atomic E-state index is -0.453. The first-order valence-electron chi connectivity index (χ1n) is 9.09. The number of carbonyl (C=O) groups is 4. The van der Waals surface area contributed by atoms with E-state index in [1.54, 1.807) is 4.90 Å². The second kappa shape index (κ2) is 9.85. The summed E-state index contributed by atoms with van der Waals surface area (Å²) in [6.07, 6.45) is 1.28. The number of ether oxygens (including phenoxy) is 1. The van der Waals surface area contributed by atoms with Gasteiger partial charge in [0.15, 0.2) is 5.78 Å². The maximum absolute atomic E-state index is 12.2. The molecule has 1 aliphatic rings. The van der Waals surface area contributed by atoms with Crippen LogP contribution in [-0.2, 0) is 30.5 Å². The Morgan fingerprint density at radius 2 is 1.89 bits per heavy atom. The predicted octanol–water partition coefficient (Wildman–Crippen LogP) is 1.51. The number of carbonyl (C=O) groups excluding carboxylic acids is 4. The number of hydrogen-bond acceptors (Lipinski definition) is 5. The smallest absolute Gasteiger partial charge is 0.305 e. The zero-order valence-corrected chi connectivity index (χ0v) is 15.8. The van der Waals surface area contributed by atoms with Crippen molar-refractivity contribution in [2.75, 3.05) is 13.7 Å². The quantitative estimate of drug-likeness (QED) is 0.662. The molecular weight excluding hydrogens is 348 g/mol. The molecule has 1 aliphatic heterocycles. The molecule has 1 fully saturated rings. The van der Waals surface area contributed by atoms with Gasteiger partial charge >= 0.3 is 5.97 Å². The number of aryl methyl sites for hydroxylation is 1. The van der Waals surface area contributed by atoms with Gasteiger partial charge in [0, 0.05) is 31.8 Å². The number of likely N-dealkylation sites (tertiary alicyclic amines) is 1. The Bertz CT molecular complexity index is 699. The summed E-state index contributed by atoms with van der Waals surface area (Å²) in [6.45, 7) is 2.37. The lowest BCUT2D eigenvalue weighted by molar-refractivity contribution is -0.141. The van der Waals surface area contributed by atoms with Crippen molar-refractivity contribution in [2.45, 2.75) is 51.6 Å². The van der Waals surface area contributed by atoms with Crippen molar-refractivity contribution in [3.8, 4) is 0 Å². The number of nitrogens with zero attached hydrogens (tertiary/aromatic N) is 1. The number of amides is 2. The van der Waals surface area contributed by atoms with Crippen LogP contribution in [0.4, 0.5) is 0 Å². The highest BCUT2D eigenvalue weighted by Crippen LogP contribution is 2.24. The van der Waals surface area contributed by atoms with E-state index in [0.29, 0.717) is 19.4 Å². The first kappa shape index (κ1) is 20.6. The van der Waals surface area contributed by atoms with Crippen molar-refractivity contribution in [3.05, 3.63) is 35.4 Å². The molecule has 1 atom stereocenters. The molecule has 1 aromatic carbocycles. The Balaban J connectivity index is 1.81. The van der Waals surface area contributed by atoms with E-state index < -0.39 is 5.97 Å². The molecule has 0 spiro atoms. The van der Waals surface area contributed by atoms with Crippen molar-refractivity contribution in [3.63, 3.8) is 0 Å². The second-order valence-electron chi connectivity index (χ2n) is 6.80. The SMILES string of the molecule is COC(=O)CCC(=O)CNC(=O)CC1CCC(=O)N1Cc1ccc(C)cc1. The number of Topliss-reactive ketones (excluding diaryl/α,β-unsaturated/α-hetero) is 1. The number of benzene rings is 1. The minimum Gasteiger partial charge on any atom is -0.469 e. The van der Waals surface area contributed by atoms with Gasteiger partial charge in [0.2, 0.25) is 11.8 Å². The molecule has 0 aromatic heterocycles. The van der Waals surface area contributed by atoms with Crippen LogP contribution in [0.2, 0.25) is 0 Å². The average molecular weight is 374 g/mol. The number of nitrogens with one attached hydrogen (secondary N) is 1. The van der Waals surface area contributed by atoms with Crippen LogP contribution in [0.1, 0.15) is 43.2 Å². The van der Waals surface area contributed by atoms with E-state index in [2.05, 4.69) is 10.1 Å². The van der Waals surface area contributed by atoms with Crippen LogP contribution >= 0.6 is 0 Å². The first-order valence-corrected chi connectivity index (χ1v) is 9.09. The monoisotopic (exact) mass is 374 g/mol. The maximum atomic E-state index is 12.2. The van der Waals surface area contributed by atoms with Crippen LogP contribution in [0, 0.1) is 6.92 Å². The molecule has 0 bridgehead atoms. The fourth-order valence-electron chi connectivity index (χ4n) is 3.03. The Morgan fingerprint density at radius 1 is 1.19 bits per heavy atom. The molecule has 0 saturated carbocycles. The summed E-state index contributed by atoms with van der Waals surface area (Å²) in [4.78, 5) is 48.8. The van der Waals surface area contributed by atoms with E-state index in [1.807, 2.05) is 31.2 Å². The molecule has 1 saturated heterocycles. The first-order chi connectivity index (χ1) is 12.9. The molecule has 1 unspecified atom stereocenters. The van der Waals surface area contributed by atoms with Crippen molar-refractivity contribution in [1.29, 1.82) is 0 Å². The molecule has 2 amide bonds. The maximum Gasteiger partial charge on any atom is 0.305 e. The highest BCUT2D eigenvalue weighted by Gasteiger charge is 2.32. The van der Waals surface area contributed by atoms with Crippen molar-refractivity contribution in [1.82, 2.24) is 10.2 Å². The van der Waals surface area contributed by atoms with E-state index in [9.17, 15) is 19.2 Å². The topological polar surface area (TPSA) is 92.8 Å².